The van der Waals surface area contributed by atoms with Gasteiger partial charge in [-0.05, 0) is 29.9 Å². The summed E-state index contributed by atoms with van der Waals surface area (Å²) in [5.41, 5.74) is -0.0928. The normalized spacial score (nSPS) is 27.8. The SMILES string of the molecule is OC1(c2cccc(F)c2)CCSC1. The van der Waals surface area contributed by atoms with Crippen molar-refractivity contribution < 1.29 is 9.50 Å². The largest absolute Gasteiger partial charge is 0.384 e. The number of thioether (sulfide) groups is 1. The molecule has 0 spiro atoms. The Kier molecular flexibility index (Phi) is 2.30. The molecule has 1 nitrogen and oxygen atoms in total. The number of benzene rings is 1. The van der Waals surface area contributed by atoms with Gasteiger partial charge in [-0.3, -0.25) is 0 Å². The molecular formula is C10H11FOS. The molecule has 0 aromatic heterocycles. The third kappa shape index (κ3) is 1.71. The van der Waals surface area contributed by atoms with E-state index in [9.17, 15) is 9.50 Å². The molecule has 1 heterocycles. The van der Waals surface area contributed by atoms with Gasteiger partial charge in [0.05, 0.1) is 5.60 Å². The first-order valence-corrected chi connectivity index (χ1v) is 5.42. The van der Waals surface area contributed by atoms with Crippen LogP contribution in [0.15, 0.2) is 24.3 Å². The second kappa shape index (κ2) is 3.31. The zero-order valence-corrected chi connectivity index (χ0v) is 7.98. The molecule has 1 aromatic carbocycles. The van der Waals surface area contributed by atoms with E-state index < -0.39 is 5.60 Å². The van der Waals surface area contributed by atoms with Crippen LogP contribution in [0.25, 0.3) is 0 Å². The van der Waals surface area contributed by atoms with Gasteiger partial charge in [-0.25, -0.2) is 4.39 Å². The first kappa shape index (κ1) is 9.03. The van der Waals surface area contributed by atoms with Gasteiger partial charge >= 0.3 is 0 Å². The highest BCUT2D eigenvalue weighted by Crippen LogP contribution is 2.36. The maximum Gasteiger partial charge on any atom is 0.123 e. The van der Waals surface area contributed by atoms with Crippen molar-refractivity contribution in [3.63, 3.8) is 0 Å². The maximum absolute atomic E-state index is 12.9. The van der Waals surface area contributed by atoms with Crippen LogP contribution in [0.5, 0.6) is 0 Å². The van der Waals surface area contributed by atoms with Crippen molar-refractivity contribution in [1.82, 2.24) is 0 Å². The Bertz CT molecular complexity index is 308. The molecule has 1 saturated heterocycles. The fourth-order valence-corrected chi connectivity index (χ4v) is 2.83. The lowest BCUT2D eigenvalue weighted by Gasteiger charge is -2.21. The van der Waals surface area contributed by atoms with Crippen molar-refractivity contribution in [2.45, 2.75) is 12.0 Å². The highest BCUT2D eigenvalue weighted by Gasteiger charge is 2.33. The van der Waals surface area contributed by atoms with Crippen LogP contribution in [0.4, 0.5) is 4.39 Å². The van der Waals surface area contributed by atoms with E-state index in [4.69, 9.17) is 0 Å². The molecule has 0 radical (unpaired) electrons. The average Bonchev–Trinajstić information content (AvgIpc) is 2.54. The smallest absolute Gasteiger partial charge is 0.123 e. The summed E-state index contributed by atoms with van der Waals surface area (Å²) in [5.74, 6) is 1.35. The topological polar surface area (TPSA) is 20.2 Å². The van der Waals surface area contributed by atoms with Gasteiger partial charge in [-0.2, -0.15) is 11.8 Å². The van der Waals surface area contributed by atoms with E-state index in [0.29, 0.717) is 11.3 Å². The van der Waals surface area contributed by atoms with E-state index in [2.05, 4.69) is 0 Å². The van der Waals surface area contributed by atoms with E-state index in [1.165, 1.54) is 12.1 Å². The number of hydrogen-bond donors (Lipinski definition) is 1. The van der Waals surface area contributed by atoms with Gasteiger partial charge in [-0.15, -0.1) is 0 Å². The van der Waals surface area contributed by atoms with Gasteiger partial charge in [0.25, 0.3) is 0 Å². The summed E-state index contributed by atoms with van der Waals surface area (Å²) in [6, 6.07) is 6.25. The summed E-state index contributed by atoms with van der Waals surface area (Å²) in [4.78, 5) is 0. The van der Waals surface area contributed by atoms with Crippen LogP contribution in [0.2, 0.25) is 0 Å². The van der Waals surface area contributed by atoms with Gasteiger partial charge in [0, 0.05) is 5.75 Å². The molecule has 0 amide bonds. The first-order valence-electron chi connectivity index (χ1n) is 4.27. The molecule has 0 bridgehead atoms. The summed E-state index contributed by atoms with van der Waals surface area (Å²) in [6.07, 6.45) is 0.723. The molecule has 1 aliphatic rings. The molecule has 13 heavy (non-hydrogen) atoms. The minimum atomic E-state index is -0.799. The highest BCUT2D eigenvalue weighted by atomic mass is 32.2. The van der Waals surface area contributed by atoms with Gasteiger partial charge in [0.2, 0.25) is 0 Å². The van der Waals surface area contributed by atoms with Crippen LogP contribution in [0.3, 0.4) is 0 Å². The summed E-state index contributed by atoms with van der Waals surface area (Å²) in [7, 11) is 0. The maximum atomic E-state index is 12.9. The van der Waals surface area contributed by atoms with Crippen LogP contribution in [-0.2, 0) is 5.60 Å². The molecule has 0 aliphatic carbocycles. The fraction of sp³-hybridized carbons (Fsp3) is 0.400. The van der Waals surface area contributed by atoms with Gasteiger partial charge in [-0.1, -0.05) is 12.1 Å². The quantitative estimate of drug-likeness (QED) is 0.746. The Hall–Kier alpha value is -0.540. The third-order valence-electron chi connectivity index (χ3n) is 2.36. The Morgan fingerprint density at radius 3 is 2.92 bits per heavy atom. The molecule has 70 valence electrons. The summed E-state index contributed by atoms with van der Waals surface area (Å²) in [5, 5.41) is 10.1. The van der Waals surface area contributed by atoms with E-state index in [1.807, 2.05) is 0 Å². The van der Waals surface area contributed by atoms with E-state index in [0.717, 1.165) is 12.2 Å². The predicted molar refractivity (Wildman–Crippen MR) is 52.2 cm³/mol. The summed E-state index contributed by atoms with van der Waals surface area (Å²) in [6.45, 7) is 0. The second-order valence-electron chi connectivity index (χ2n) is 3.34. The lowest BCUT2D eigenvalue weighted by atomic mass is 9.93. The summed E-state index contributed by atoms with van der Waals surface area (Å²) >= 11 is 1.71. The third-order valence-corrected chi connectivity index (χ3v) is 3.54. The molecule has 2 rings (SSSR count). The predicted octanol–water partition coefficient (Wildman–Crippen LogP) is 2.15. The molecule has 1 fully saturated rings. The highest BCUT2D eigenvalue weighted by molar-refractivity contribution is 7.99. The minimum absolute atomic E-state index is 0.275. The Morgan fingerprint density at radius 2 is 2.31 bits per heavy atom. The Balaban J connectivity index is 2.33. The van der Waals surface area contributed by atoms with Gasteiger partial charge < -0.3 is 5.11 Å². The van der Waals surface area contributed by atoms with Crippen molar-refractivity contribution in [1.29, 1.82) is 0 Å². The zero-order chi connectivity index (χ0) is 9.31. The Labute approximate surface area is 81.0 Å². The minimum Gasteiger partial charge on any atom is -0.384 e. The van der Waals surface area contributed by atoms with Crippen molar-refractivity contribution in [2.24, 2.45) is 0 Å². The van der Waals surface area contributed by atoms with Crippen molar-refractivity contribution >= 4 is 11.8 Å². The van der Waals surface area contributed by atoms with Crippen LogP contribution in [0.1, 0.15) is 12.0 Å². The molecular weight excluding hydrogens is 187 g/mol. The molecule has 1 aromatic rings. The molecule has 1 N–H and O–H groups in total. The van der Waals surface area contributed by atoms with E-state index in [-0.39, 0.29) is 5.82 Å². The molecule has 0 saturated carbocycles. The van der Waals surface area contributed by atoms with Gasteiger partial charge in [0.1, 0.15) is 5.82 Å². The first-order chi connectivity index (χ1) is 6.21. The van der Waals surface area contributed by atoms with Crippen LogP contribution in [-0.4, -0.2) is 16.6 Å². The lowest BCUT2D eigenvalue weighted by molar-refractivity contribution is 0.0654. The molecule has 1 atom stereocenters. The lowest BCUT2D eigenvalue weighted by Crippen LogP contribution is -2.24. The monoisotopic (exact) mass is 198 g/mol. The van der Waals surface area contributed by atoms with Crippen molar-refractivity contribution in [3.8, 4) is 0 Å². The van der Waals surface area contributed by atoms with Crippen LogP contribution in [0, 0.1) is 5.82 Å². The number of rotatable bonds is 1. The fourth-order valence-electron chi connectivity index (χ4n) is 1.56. The van der Waals surface area contributed by atoms with Crippen LogP contribution < -0.4 is 0 Å². The number of aliphatic hydroxyl groups is 1. The standard InChI is InChI=1S/C10H11FOS/c11-9-3-1-2-8(6-9)10(12)4-5-13-7-10/h1-3,6,12H,4-5,7H2. The molecule has 3 heteroatoms. The zero-order valence-electron chi connectivity index (χ0n) is 7.16. The van der Waals surface area contributed by atoms with E-state index in [1.54, 1.807) is 23.9 Å². The molecule has 1 aliphatic heterocycles. The number of hydrogen-bond acceptors (Lipinski definition) is 2. The second-order valence-corrected chi connectivity index (χ2v) is 4.45. The van der Waals surface area contributed by atoms with Crippen LogP contribution >= 0.6 is 11.8 Å². The average molecular weight is 198 g/mol. The van der Waals surface area contributed by atoms with E-state index >= 15 is 0 Å². The van der Waals surface area contributed by atoms with Crippen molar-refractivity contribution in [3.05, 3.63) is 35.6 Å². The Morgan fingerprint density at radius 1 is 1.46 bits per heavy atom. The van der Waals surface area contributed by atoms with Crippen molar-refractivity contribution in [2.75, 3.05) is 11.5 Å². The number of halogens is 1. The summed E-state index contributed by atoms with van der Waals surface area (Å²) < 4.78 is 12.9. The van der Waals surface area contributed by atoms with Gasteiger partial charge in [0.15, 0.2) is 0 Å². The molecule has 1 unspecified atom stereocenters.